The molecule has 0 saturated heterocycles. The van der Waals surface area contributed by atoms with E-state index in [9.17, 15) is 0 Å². The zero-order valence-electron chi connectivity index (χ0n) is 28.4. The van der Waals surface area contributed by atoms with E-state index in [1.54, 1.807) is 0 Å². The monoisotopic (exact) mass is 644 g/mol. The SMILES string of the molecule is c1ccc(-c2ccc(C3=C(C4CCCCC4)c4ccc[o+]4[B-]3(c3ccc(-c4ccccc4)cc3)c3ccc(-c4ccccc4)cc3)cc2)cc1. The first-order valence-electron chi connectivity index (χ1n) is 18.3. The van der Waals surface area contributed by atoms with Gasteiger partial charge in [-0.05, 0) is 52.1 Å². The van der Waals surface area contributed by atoms with Crippen LogP contribution in [0.15, 0.2) is 186 Å². The van der Waals surface area contributed by atoms with Crippen molar-refractivity contribution in [1.29, 1.82) is 0 Å². The second-order valence-electron chi connectivity index (χ2n) is 14.1. The summed E-state index contributed by atoms with van der Waals surface area (Å²) in [5.74, 6) is 1.82. The first-order valence-corrected chi connectivity index (χ1v) is 18.3. The molecule has 50 heavy (non-hydrogen) atoms. The van der Waals surface area contributed by atoms with E-state index in [0.717, 1.165) is 0 Å². The van der Waals surface area contributed by atoms with Crippen LogP contribution in [0.3, 0.4) is 0 Å². The van der Waals surface area contributed by atoms with Gasteiger partial charge in [-0.1, -0.05) is 194 Å². The molecule has 0 bridgehead atoms. The maximum absolute atomic E-state index is 3.85. The molecule has 2 aliphatic rings. The average Bonchev–Trinajstić information content (AvgIpc) is 3.80. The molecule has 9 rings (SSSR count). The third-order valence-corrected chi connectivity index (χ3v) is 11.4. The maximum Gasteiger partial charge on any atom is 0.420 e. The van der Waals surface area contributed by atoms with E-state index in [1.165, 1.54) is 98.8 Å². The molecule has 6 aromatic carbocycles. The standard InChI is InChI=1S/C48H41BO/c1-5-14-36(15-6-1)39-23-25-43(26-24-39)48-47(42-20-11-4-12-21-42)46-22-13-35-50(46)49(48,44-31-27-40(28-32-44)37-16-7-2-8-17-37)45-33-29-41(30-34-45)38-18-9-3-10-19-38/h1-3,5-10,13-19,22-35,42H,4,11-12,20-21H2. The van der Waals surface area contributed by atoms with Crippen LogP contribution in [0.25, 0.3) is 44.4 Å². The Hall–Kier alpha value is -5.60. The Kier molecular flexibility index (Phi) is 7.94. The molecule has 1 aliphatic carbocycles. The third-order valence-electron chi connectivity index (χ3n) is 11.4. The van der Waals surface area contributed by atoms with Gasteiger partial charge in [0.05, 0.1) is 0 Å². The number of hydrogen-bond donors (Lipinski definition) is 0. The van der Waals surface area contributed by atoms with Gasteiger partial charge in [0.2, 0.25) is 5.76 Å². The van der Waals surface area contributed by atoms with Crippen LogP contribution in [0.4, 0.5) is 0 Å². The molecule has 242 valence electrons. The third kappa shape index (κ3) is 5.19. The minimum atomic E-state index is -1.65. The second-order valence-corrected chi connectivity index (χ2v) is 14.1. The first kappa shape index (κ1) is 30.5. The summed E-state index contributed by atoms with van der Waals surface area (Å²) in [6.45, 7) is 0. The molecule has 0 atom stereocenters. The van der Waals surface area contributed by atoms with E-state index in [2.05, 4.69) is 186 Å². The second kappa shape index (κ2) is 13.0. The van der Waals surface area contributed by atoms with Crippen molar-refractivity contribution in [3.05, 3.63) is 194 Å². The van der Waals surface area contributed by atoms with E-state index >= 15 is 0 Å². The van der Waals surface area contributed by atoms with E-state index in [4.69, 9.17) is 0 Å². The fourth-order valence-corrected chi connectivity index (χ4v) is 9.02. The van der Waals surface area contributed by atoms with E-state index in [0.29, 0.717) is 5.92 Å². The van der Waals surface area contributed by atoms with E-state index < -0.39 is 6.35 Å². The molecule has 0 amide bonds. The average molecular weight is 645 g/mol. The van der Waals surface area contributed by atoms with Crippen molar-refractivity contribution < 1.29 is 3.96 Å². The summed E-state index contributed by atoms with van der Waals surface area (Å²) in [6, 6.07) is 65.1. The maximum atomic E-state index is 3.85. The van der Waals surface area contributed by atoms with Crippen LogP contribution >= 0.6 is 0 Å². The molecular weight excluding hydrogens is 603 g/mol. The zero-order valence-corrected chi connectivity index (χ0v) is 28.4. The molecule has 7 aromatic rings. The van der Waals surface area contributed by atoms with E-state index in [-0.39, 0.29) is 0 Å². The number of hydrogen-bond acceptors (Lipinski definition) is 0. The Morgan fingerprint density at radius 2 is 0.780 bits per heavy atom. The molecule has 0 unspecified atom stereocenters. The van der Waals surface area contributed by atoms with Crippen molar-refractivity contribution in [2.75, 3.05) is 0 Å². The van der Waals surface area contributed by atoms with Crippen molar-refractivity contribution in [2.45, 2.75) is 32.1 Å². The summed E-state index contributed by atoms with van der Waals surface area (Å²) in [6.07, 6.45) is 7.01. The van der Waals surface area contributed by atoms with Crippen LogP contribution in [0.1, 0.15) is 43.4 Å². The summed E-state index contributed by atoms with van der Waals surface area (Å²) < 4.78 is 3.85. The largest absolute Gasteiger partial charge is 0.777 e. The van der Waals surface area contributed by atoms with Crippen LogP contribution in [0.5, 0.6) is 0 Å². The number of fused-ring (bicyclic) bond motifs is 1. The number of rotatable bonds is 7. The van der Waals surface area contributed by atoms with Crippen LogP contribution in [0, 0.1) is 5.92 Å². The molecule has 2 heterocycles. The fraction of sp³-hybridized carbons (Fsp3) is 0.125. The number of benzene rings is 6. The first-order chi connectivity index (χ1) is 24.8. The van der Waals surface area contributed by atoms with Crippen molar-refractivity contribution in [1.82, 2.24) is 0 Å². The van der Waals surface area contributed by atoms with Crippen molar-refractivity contribution in [2.24, 2.45) is 5.92 Å². The van der Waals surface area contributed by atoms with Crippen LogP contribution in [-0.2, 0) is 0 Å². The Labute approximate surface area is 296 Å². The molecule has 1 aliphatic heterocycles. The van der Waals surface area contributed by atoms with Crippen molar-refractivity contribution in [3.8, 4) is 33.4 Å². The number of allylic oxidation sites excluding steroid dienone is 1. The highest BCUT2D eigenvalue weighted by Crippen LogP contribution is 2.52. The highest BCUT2D eigenvalue weighted by Gasteiger charge is 2.53. The highest BCUT2D eigenvalue weighted by atomic mass is 16.5. The summed E-state index contributed by atoms with van der Waals surface area (Å²) in [5, 5.41) is 0. The number of furan rings is 1. The molecule has 0 N–H and O–H groups in total. The lowest BCUT2D eigenvalue weighted by molar-refractivity contribution is 0.363. The van der Waals surface area contributed by atoms with Gasteiger partial charge < -0.3 is 3.96 Å². The normalized spacial score (nSPS) is 15.6. The Bertz CT molecular complexity index is 2160. The molecular formula is C48H41BO. The Morgan fingerprint density at radius 3 is 1.24 bits per heavy atom. The lowest BCUT2D eigenvalue weighted by Gasteiger charge is -2.39. The molecule has 1 nitrogen and oxygen atoms in total. The smallest absolute Gasteiger partial charge is 0.420 e. The van der Waals surface area contributed by atoms with Crippen LogP contribution in [-0.4, -0.2) is 6.35 Å². The van der Waals surface area contributed by atoms with Gasteiger partial charge in [-0.25, -0.2) is 0 Å². The summed E-state index contributed by atoms with van der Waals surface area (Å²) in [5.41, 5.74) is 14.4. The van der Waals surface area contributed by atoms with Crippen molar-refractivity contribution >= 4 is 28.3 Å². The molecule has 2 heteroatoms. The predicted molar refractivity (Wildman–Crippen MR) is 213 cm³/mol. The lowest BCUT2D eigenvalue weighted by Crippen LogP contribution is -2.59. The zero-order chi connectivity index (χ0) is 33.3. The van der Waals surface area contributed by atoms with Crippen LogP contribution in [0.2, 0.25) is 0 Å². The molecule has 1 aromatic heterocycles. The van der Waals surface area contributed by atoms with Gasteiger partial charge in [-0.3, -0.25) is 0 Å². The van der Waals surface area contributed by atoms with Gasteiger partial charge in [0.25, 0.3) is 0 Å². The van der Waals surface area contributed by atoms with Gasteiger partial charge in [0.1, 0.15) is 0 Å². The minimum absolute atomic E-state index is 0.518. The van der Waals surface area contributed by atoms with Gasteiger partial charge in [0, 0.05) is 17.7 Å². The molecule has 0 radical (unpaired) electrons. The minimum Gasteiger partial charge on any atom is -0.777 e. The Morgan fingerprint density at radius 1 is 0.380 bits per heavy atom. The quantitative estimate of drug-likeness (QED) is 0.120. The lowest BCUT2D eigenvalue weighted by atomic mass is 9.27. The Balaban J connectivity index is 1.30. The fourth-order valence-electron chi connectivity index (χ4n) is 9.02. The topological polar surface area (TPSA) is 2.70 Å². The molecule has 1 fully saturated rings. The van der Waals surface area contributed by atoms with Gasteiger partial charge in [0.15, 0.2) is 6.26 Å². The summed E-state index contributed by atoms with van der Waals surface area (Å²) in [7, 11) is 0. The van der Waals surface area contributed by atoms with E-state index in [1.807, 2.05) is 0 Å². The van der Waals surface area contributed by atoms with Gasteiger partial charge >= 0.3 is 6.35 Å². The predicted octanol–water partition coefficient (Wildman–Crippen LogP) is 11.6. The molecule has 1 saturated carbocycles. The van der Waals surface area contributed by atoms with Crippen LogP contribution < -0.4 is 10.9 Å². The molecule has 0 spiro atoms. The van der Waals surface area contributed by atoms with Gasteiger partial charge in [-0.15, -0.1) is 10.9 Å². The summed E-state index contributed by atoms with van der Waals surface area (Å²) in [4.78, 5) is 0. The van der Waals surface area contributed by atoms with Gasteiger partial charge in [-0.2, -0.15) is 0 Å². The summed E-state index contributed by atoms with van der Waals surface area (Å²) >= 11 is 0. The highest BCUT2D eigenvalue weighted by molar-refractivity contribution is 7.12. The van der Waals surface area contributed by atoms with Crippen molar-refractivity contribution in [3.63, 3.8) is 0 Å².